The lowest BCUT2D eigenvalue weighted by molar-refractivity contribution is -0.137. The third-order valence-corrected chi connectivity index (χ3v) is 10.7. The number of amides is 2. The molecule has 4 aromatic carbocycles. The third-order valence-electron chi connectivity index (χ3n) is 8.20. The molecule has 0 atom stereocenters. The highest BCUT2D eigenvalue weighted by atomic mass is 32.2. The van der Waals surface area contributed by atoms with Crippen LogP contribution in [0, 0.1) is 17.6 Å². The molecule has 5 aromatic rings. The van der Waals surface area contributed by atoms with Gasteiger partial charge in [-0.2, -0.15) is 13.2 Å². The van der Waals surface area contributed by atoms with Crippen LogP contribution in [0.2, 0.25) is 0 Å². The van der Waals surface area contributed by atoms with Crippen LogP contribution in [0.1, 0.15) is 36.8 Å². The topological polar surface area (TPSA) is 126 Å². The Hall–Kier alpha value is -4.93. The molecule has 3 N–H and O–H groups in total. The molecule has 2 amide bonds. The predicted molar refractivity (Wildman–Crippen MR) is 181 cm³/mol. The average Bonchev–Trinajstić information content (AvgIpc) is 3.47. The Morgan fingerprint density at radius 1 is 0.863 bits per heavy atom. The number of halogens is 5. The van der Waals surface area contributed by atoms with Gasteiger partial charge >= 0.3 is 6.18 Å². The zero-order chi connectivity index (χ0) is 36.3. The lowest BCUT2D eigenvalue weighted by Gasteiger charge is -2.28. The van der Waals surface area contributed by atoms with Gasteiger partial charge in [0, 0.05) is 30.2 Å². The molecular weight excluding hydrogens is 716 g/mol. The molecule has 0 bridgehead atoms. The van der Waals surface area contributed by atoms with Crippen LogP contribution >= 0.6 is 11.3 Å². The molecule has 1 saturated carbocycles. The Kier molecular flexibility index (Phi) is 10.4. The highest BCUT2D eigenvalue weighted by Gasteiger charge is 2.31. The SMILES string of the molecule is O=C(Cc1cccc(C(F)(F)F)c1)Nc1cc(Oc2cc3sc(NC(=O)C4CCC(NS(=O)(=O)c5ccccc5)CC4)nc3cc2F)ccc1F. The van der Waals surface area contributed by atoms with Gasteiger partial charge in [0.15, 0.2) is 16.7 Å². The molecule has 1 fully saturated rings. The number of nitrogens with zero attached hydrogens (tertiary/aromatic N) is 1. The van der Waals surface area contributed by atoms with Crippen LogP contribution in [0.25, 0.3) is 10.2 Å². The standard InChI is InChI=1S/C35H29F5N4O5S2/c36-26-14-13-24(17-28(26)41-32(45)16-20-5-4-6-22(15-20)35(38,39)40)49-30-19-31-29(18-27(30)37)42-34(50-31)43-33(46)21-9-11-23(12-10-21)44-51(47,48)25-7-2-1-3-8-25/h1-8,13-15,17-19,21,23,44H,9-12,16H2,(H,41,45)(H,42,43,46). The minimum Gasteiger partial charge on any atom is -0.454 e. The number of hydrogen-bond donors (Lipinski definition) is 3. The Morgan fingerprint density at radius 3 is 2.33 bits per heavy atom. The molecule has 0 unspecified atom stereocenters. The van der Waals surface area contributed by atoms with E-state index in [0.29, 0.717) is 30.4 Å². The first kappa shape index (κ1) is 35.9. The number of nitrogens with one attached hydrogen (secondary N) is 3. The lowest BCUT2D eigenvalue weighted by atomic mass is 9.86. The van der Waals surface area contributed by atoms with Gasteiger partial charge in [-0.3, -0.25) is 9.59 Å². The van der Waals surface area contributed by atoms with Crippen molar-refractivity contribution < 1.29 is 44.7 Å². The number of anilines is 2. The third kappa shape index (κ3) is 8.87. The average molecular weight is 745 g/mol. The molecule has 0 radical (unpaired) electrons. The Bertz CT molecular complexity index is 2190. The van der Waals surface area contributed by atoms with Crippen LogP contribution in [0.3, 0.4) is 0 Å². The first-order valence-corrected chi connectivity index (χ1v) is 18.0. The van der Waals surface area contributed by atoms with Crippen molar-refractivity contribution in [3.63, 3.8) is 0 Å². The van der Waals surface area contributed by atoms with E-state index in [-0.39, 0.29) is 56.2 Å². The van der Waals surface area contributed by atoms with E-state index in [1.807, 2.05) is 0 Å². The van der Waals surface area contributed by atoms with Crippen LogP contribution in [-0.2, 0) is 32.2 Å². The van der Waals surface area contributed by atoms with Gasteiger partial charge in [-0.1, -0.05) is 47.7 Å². The van der Waals surface area contributed by atoms with Gasteiger partial charge in [-0.25, -0.2) is 26.9 Å². The monoisotopic (exact) mass is 744 g/mol. The number of carbonyl (C=O) groups is 2. The molecule has 6 rings (SSSR count). The first-order valence-electron chi connectivity index (χ1n) is 15.7. The zero-order valence-electron chi connectivity index (χ0n) is 26.5. The first-order chi connectivity index (χ1) is 24.2. The highest BCUT2D eigenvalue weighted by molar-refractivity contribution is 7.89. The Morgan fingerprint density at radius 2 is 1.61 bits per heavy atom. The van der Waals surface area contributed by atoms with Crippen LogP contribution in [0.5, 0.6) is 11.5 Å². The summed E-state index contributed by atoms with van der Waals surface area (Å²) in [5.41, 5.74) is -0.921. The second-order valence-corrected chi connectivity index (χ2v) is 14.7. The summed E-state index contributed by atoms with van der Waals surface area (Å²) in [7, 11) is -3.68. The molecule has 0 saturated heterocycles. The largest absolute Gasteiger partial charge is 0.454 e. The van der Waals surface area contributed by atoms with Crippen molar-refractivity contribution in [1.82, 2.24) is 9.71 Å². The number of sulfonamides is 1. The van der Waals surface area contributed by atoms with E-state index in [0.717, 1.165) is 41.7 Å². The molecule has 1 aliphatic rings. The molecule has 1 aromatic heterocycles. The number of rotatable bonds is 10. The van der Waals surface area contributed by atoms with E-state index in [2.05, 4.69) is 20.3 Å². The predicted octanol–water partition coefficient (Wildman–Crippen LogP) is 8.04. The van der Waals surface area contributed by atoms with E-state index in [4.69, 9.17) is 4.74 Å². The second kappa shape index (κ2) is 14.7. The van der Waals surface area contributed by atoms with Crippen molar-refractivity contribution >= 4 is 54.2 Å². The summed E-state index contributed by atoms with van der Waals surface area (Å²) in [6.07, 6.45) is -3.19. The maximum Gasteiger partial charge on any atom is 0.416 e. The van der Waals surface area contributed by atoms with Gasteiger partial charge in [-0.15, -0.1) is 0 Å². The molecule has 1 aliphatic carbocycles. The number of alkyl halides is 3. The smallest absolute Gasteiger partial charge is 0.416 e. The van der Waals surface area contributed by atoms with Gasteiger partial charge in [0.1, 0.15) is 11.6 Å². The van der Waals surface area contributed by atoms with Crippen LogP contribution < -0.4 is 20.1 Å². The molecule has 1 heterocycles. The summed E-state index contributed by atoms with van der Waals surface area (Å²) < 4.78 is 103. The minimum atomic E-state index is -4.59. The molecule has 266 valence electrons. The van der Waals surface area contributed by atoms with Gasteiger partial charge in [-0.05, 0) is 61.6 Å². The van der Waals surface area contributed by atoms with Gasteiger partial charge in [0.05, 0.1) is 32.8 Å². The minimum absolute atomic E-state index is 0.0382. The van der Waals surface area contributed by atoms with Crippen LogP contribution in [0.4, 0.5) is 32.8 Å². The molecule has 51 heavy (non-hydrogen) atoms. The normalized spacial score (nSPS) is 16.5. The summed E-state index contributed by atoms with van der Waals surface area (Å²) >= 11 is 1.08. The maximum atomic E-state index is 15.1. The quantitative estimate of drug-likeness (QED) is 0.124. The number of benzene rings is 4. The number of hydrogen-bond acceptors (Lipinski definition) is 7. The van der Waals surface area contributed by atoms with Crippen molar-refractivity contribution in [2.45, 2.75) is 49.2 Å². The Labute approximate surface area is 292 Å². The fraction of sp³-hybridized carbons (Fsp3) is 0.229. The number of aromatic nitrogens is 1. The van der Waals surface area contributed by atoms with Crippen LogP contribution in [-0.4, -0.2) is 31.3 Å². The van der Waals surface area contributed by atoms with Crippen molar-refractivity contribution in [2.75, 3.05) is 10.6 Å². The highest BCUT2D eigenvalue weighted by Crippen LogP contribution is 2.36. The number of carbonyl (C=O) groups excluding carboxylic acids is 2. The fourth-order valence-electron chi connectivity index (χ4n) is 5.66. The summed E-state index contributed by atoms with van der Waals surface area (Å²) in [5, 5.41) is 5.30. The lowest BCUT2D eigenvalue weighted by Crippen LogP contribution is -2.39. The zero-order valence-corrected chi connectivity index (χ0v) is 28.1. The van der Waals surface area contributed by atoms with Crippen molar-refractivity contribution in [3.05, 3.63) is 108 Å². The summed E-state index contributed by atoms with van der Waals surface area (Å²) in [6.45, 7) is 0. The molecule has 0 aliphatic heterocycles. The van der Waals surface area contributed by atoms with Crippen molar-refractivity contribution in [1.29, 1.82) is 0 Å². The number of fused-ring (bicyclic) bond motifs is 1. The van der Waals surface area contributed by atoms with Gasteiger partial charge in [0.2, 0.25) is 21.8 Å². The van der Waals surface area contributed by atoms with Gasteiger partial charge < -0.3 is 15.4 Å². The Balaban J connectivity index is 1.06. The number of ether oxygens (including phenoxy) is 1. The van der Waals surface area contributed by atoms with Crippen LogP contribution in [0.15, 0.2) is 89.8 Å². The second-order valence-electron chi connectivity index (χ2n) is 11.9. The van der Waals surface area contributed by atoms with E-state index >= 15 is 4.39 Å². The summed E-state index contributed by atoms with van der Waals surface area (Å²) in [4.78, 5) is 30.1. The van der Waals surface area contributed by atoms with E-state index in [9.17, 15) is 35.6 Å². The van der Waals surface area contributed by atoms with E-state index < -0.39 is 45.7 Å². The fourth-order valence-corrected chi connectivity index (χ4v) is 7.86. The summed E-state index contributed by atoms with van der Waals surface area (Å²) in [5.74, 6) is -3.37. The van der Waals surface area contributed by atoms with Crippen molar-refractivity contribution in [2.24, 2.45) is 5.92 Å². The summed E-state index contributed by atoms with van der Waals surface area (Å²) in [6, 6.07) is 17.7. The van der Waals surface area contributed by atoms with E-state index in [1.54, 1.807) is 18.2 Å². The maximum absolute atomic E-state index is 15.1. The molecular formula is C35H29F5N4O5S2. The molecule has 0 spiro atoms. The number of thiazole rings is 1. The molecule has 16 heteroatoms. The van der Waals surface area contributed by atoms with Crippen molar-refractivity contribution in [3.8, 4) is 11.5 Å². The molecule has 9 nitrogen and oxygen atoms in total. The van der Waals surface area contributed by atoms with E-state index in [1.165, 1.54) is 36.4 Å². The van der Waals surface area contributed by atoms with Gasteiger partial charge in [0.25, 0.3) is 0 Å².